The van der Waals surface area contributed by atoms with E-state index in [9.17, 15) is 4.79 Å². The maximum atomic E-state index is 11.9. The maximum absolute atomic E-state index is 11.9. The Labute approximate surface area is 117 Å². The van der Waals surface area contributed by atoms with Crippen LogP contribution < -0.4 is 10.6 Å². The van der Waals surface area contributed by atoms with E-state index >= 15 is 0 Å². The minimum Gasteiger partial charge on any atom is -0.465 e. The highest BCUT2D eigenvalue weighted by Gasteiger charge is 2.24. The number of benzene rings is 1. The van der Waals surface area contributed by atoms with E-state index < -0.39 is 5.97 Å². The van der Waals surface area contributed by atoms with Crippen LogP contribution in [0.4, 0.5) is 11.6 Å². The minimum atomic E-state index is -0.496. The minimum absolute atomic E-state index is 0.268. The number of nitrogens with zero attached hydrogens (tertiary/aromatic N) is 3. The molecule has 0 aliphatic carbocycles. The predicted molar refractivity (Wildman–Crippen MR) is 78.4 cm³/mol. The number of carbonyl (C=O) groups excluding carboxylic acids is 1. The first-order valence-corrected chi connectivity index (χ1v) is 6.17. The third kappa shape index (κ3) is 2.32. The lowest BCUT2D eigenvalue weighted by molar-refractivity contribution is 0.0602. The molecule has 0 radical (unpaired) electrons. The molecule has 0 amide bonds. The number of hydrogen-bond donors (Lipinski definition) is 1. The molecule has 2 aromatic rings. The molecule has 0 unspecified atom stereocenters. The topological polar surface area (TPSA) is 73.4 Å². The van der Waals surface area contributed by atoms with Gasteiger partial charge in [-0.25, -0.2) is 9.48 Å². The molecular weight excluding hydrogens is 256 g/mol. The summed E-state index contributed by atoms with van der Waals surface area (Å²) in [5, 5.41) is 4.39. The van der Waals surface area contributed by atoms with E-state index in [0.717, 1.165) is 11.3 Å². The van der Waals surface area contributed by atoms with Crippen molar-refractivity contribution in [2.45, 2.75) is 6.92 Å². The van der Waals surface area contributed by atoms with E-state index in [1.165, 1.54) is 7.11 Å². The Balaban J connectivity index is 2.61. The number of anilines is 2. The highest BCUT2D eigenvalue weighted by Crippen LogP contribution is 2.27. The molecule has 0 aliphatic rings. The van der Waals surface area contributed by atoms with Crippen LogP contribution in [0.3, 0.4) is 0 Å². The van der Waals surface area contributed by atoms with Crippen molar-refractivity contribution in [1.29, 1.82) is 0 Å². The standard InChI is InChI=1S/C14H18N4O2/c1-9-5-7-10(8-6-9)18-12(15)11(14(19)20-4)13(16-18)17(2)3/h5-8H,15H2,1-4H3. The number of aromatic nitrogens is 2. The number of methoxy groups -OCH3 is 1. The lowest BCUT2D eigenvalue weighted by atomic mass is 10.2. The molecule has 2 N–H and O–H groups in total. The number of nitrogen functional groups attached to an aromatic ring is 1. The second-order valence-electron chi connectivity index (χ2n) is 4.72. The summed E-state index contributed by atoms with van der Waals surface area (Å²) in [6, 6.07) is 7.73. The number of ether oxygens (including phenoxy) is 1. The Morgan fingerprint density at radius 1 is 1.30 bits per heavy atom. The van der Waals surface area contributed by atoms with Crippen LogP contribution in [0, 0.1) is 6.92 Å². The second kappa shape index (κ2) is 5.24. The highest BCUT2D eigenvalue weighted by molar-refractivity contribution is 6.00. The van der Waals surface area contributed by atoms with Gasteiger partial charge in [0.15, 0.2) is 5.82 Å². The van der Waals surface area contributed by atoms with Crippen LogP contribution in [0.2, 0.25) is 0 Å². The van der Waals surface area contributed by atoms with E-state index in [4.69, 9.17) is 10.5 Å². The molecular formula is C14H18N4O2. The maximum Gasteiger partial charge on any atom is 0.345 e. The van der Waals surface area contributed by atoms with Crippen molar-refractivity contribution in [2.24, 2.45) is 0 Å². The van der Waals surface area contributed by atoms with Crippen molar-refractivity contribution >= 4 is 17.6 Å². The first-order valence-electron chi connectivity index (χ1n) is 6.17. The largest absolute Gasteiger partial charge is 0.465 e. The SMILES string of the molecule is COC(=O)c1c(N(C)C)nn(-c2ccc(C)cc2)c1N. The predicted octanol–water partition coefficient (Wildman–Crippen LogP) is 1.62. The molecule has 0 saturated heterocycles. The molecule has 0 bridgehead atoms. The molecule has 0 atom stereocenters. The van der Waals surface area contributed by atoms with Gasteiger partial charge in [-0.2, -0.15) is 0 Å². The van der Waals surface area contributed by atoms with Crippen LogP contribution in [0.15, 0.2) is 24.3 Å². The Bertz CT molecular complexity index is 629. The van der Waals surface area contributed by atoms with Gasteiger partial charge in [-0.15, -0.1) is 5.10 Å². The number of rotatable bonds is 3. The van der Waals surface area contributed by atoms with Crippen LogP contribution in [0.5, 0.6) is 0 Å². The molecule has 0 saturated carbocycles. The molecule has 106 valence electrons. The van der Waals surface area contributed by atoms with Gasteiger partial charge in [0.2, 0.25) is 0 Å². The molecule has 6 heteroatoms. The fourth-order valence-electron chi connectivity index (χ4n) is 1.91. The zero-order valence-corrected chi connectivity index (χ0v) is 12.0. The molecule has 0 spiro atoms. The number of hydrogen-bond acceptors (Lipinski definition) is 5. The molecule has 0 fully saturated rings. The quantitative estimate of drug-likeness (QED) is 0.861. The third-order valence-electron chi connectivity index (χ3n) is 2.99. The van der Waals surface area contributed by atoms with Crippen LogP contribution in [0.1, 0.15) is 15.9 Å². The monoisotopic (exact) mass is 274 g/mol. The normalized spacial score (nSPS) is 10.4. The van der Waals surface area contributed by atoms with Crippen LogP contribution in [-0.4, -0.2) is 37.0 Å². The van der Waals surface area contributed by atoms with E-state index in [1.807, 2.05) is 31.2 Å². The van der Waals surface area contributed by atoms with Crippen LogP contribution in [-0.2, 0) is 4.74 Å². The average Bonchev–Trinajstić information content (AvgIpc) is 2.77. The first-order chi connectivity index (χ1) is 9.45. The van der Waals surface area contributed by atoms with Gasteiger partial charge < -0.3 is 15.4 Å². The lowest BCUT2D eigenvalue weighted by Gasteiger charge is -2.09. The lowest BCUT2D eigenvalue weighted by Crippen LogP contribution is -2.14. The smallest absolute Gasteiger partial charge is 0.345 e. The number of aryl methyl sites for hydroxylation is 1. The van der Waals surface area contributed by atoms with Gasteiger partial charge in [0.25, 0.3) is 0 Å². The molecule has 20 heavy (non-hydrogen) atoms. The fourth-order valence-corrected chi connectivity index (χ4v) is 1.91. The molecule has 2 rings (SSSR count). The number of nitrogens with two attached hydrogens (primary N) is 1. The first kappa shape index (κ1) is 13.9. The zero-order valence-electron chi connectivity index (χ0n) is 12.0. The van der Waals surface area contributed by atoms with E-state index in [0.29, 0.717) is 5.82 Å². The summed E-state index contributed by atoms with van der Waals surface area (Å²) >= 11 is 0. The second-order valence-corrected chi connectivity index (χ2v) is 4.72. The summed E-state index contributed by atoms with van der Waals surface area (Å²) in [6.45, 7) is 2.00. The van der Waals surface area contributed by atoms with Gasteiger partial charge in [0.05, 0.1) is 12.8 Å². The fraction of sp³-hybridized carbons (Fsp3) is 0.286. The summed E-state index contributed by atoms with van der Waals surface area (Å²) in [7, 11) is 4.92. The number of carbonyl (C=O) groups is 1. The van der Waals surface area contributed by atoms with Crippen molar-refractivity contribution in [3.63, 3.8) is 0 Å². The van der Waals surface area contributed by atoms with Crippen molar-refractivity contribution in [1.82, 2.24) is 9.78 Å². The van der Waals surface area contributed by atoms with Crippen molar-refractivity contribution in [3.8, 4) is 5.69 Å². The summed E-state index contributed by atoms with van der Waals surface area (Å²) in [5.74, 6) is 0.254. The molecule has 6 nitrogen and oxygen atoms in total. The van der Waals surface area contributed by atoms with Crippen molar-refractivity contribution in [3.05, 3.63) is 35.4 Å². The van der Waals surface area contributed by atoms with E-state index in [1.54, 1.807) is 23.7 Å². The average molecular weight is 274 g/mol. The van der Waals surface area contributed by atoms with Crippen molar-refractivity contribution < 1.29 is 9.53 Å². The number of esters is 1. The Morgan fingerprint density at radius 2 is 1.90 bits per heavy atom. The zero-order chi connectivity index (χ0) is 14.9. The summed E-state index contributed by atoms with van der Waals surface area (Å²) < 4.78 is 6.32. The Hall–Kier alpha value is -2.50. The van der Waals surface area contributed by atoms with Crippen molar-refractivity contribution in [2.75, 3.05) is 31.8 Å². The molecule has 1 aromatic carbocycles. The van der Waals surface area contributed by atoms with Gasteiger partial charge >= 0.3 is 5.97 Å². The Kier molecular flexibility index (Phi) is 3.65. The van der Waals surface area contributed by atoms with Gasteiger partial charge in [-0.05, 0) is 19.1 Å². The molecule has 1 aromatic heterocycles. The summed E-state index contributed by atoms with van der Waals surface area (Å²) in [4.78, 5) is 13.6. The summed E-state index contributed by atoms with van der Waals surface area (Å²) in [5.41, 5.74) is 8.27. The Morgan fingerprint density at radius 3 is 2.40 bits per heavy atom. The van der Waals surface area contributed by atoms with Crippen LogP contribution >= 0.6 is 0 Å². The van der Waals surface area contributed by atoms with Gasteiger partial charge in [-0.1, -0.05) is 17.7 Å². The highest BCUT2D eigenvalue weighted by atomic mass is 16.5. The molecule has 0 aliphatic heterocycles. The summed E-state index contributed by atoms with van der Waals surface area (Å²) in [6.07, 6.45) is 0. The van der Waals surface area contributed by atoms with Gasteiger partial charge in [0.1, 0.15) is 11.4 Å². The van der Waals surface area contributed by atoms with Crippen LogP contribution in [0.25, 0.3) is 5.69 Å². The van der Waals surface area contributed by atoms with E-state index in [2.05, 4.69) is 5.10 Å². The third-order valence-corrected chi connectivity index (χ3v) is 2.99. The van der Waals surface area contributed by atoms with Gasteiger partial charge in [-0.3, -0.25) is 0 Å². The van der Waals surface area contributed by atoms with E-state index in [-0.39, 0.29) is 11.4 Å². The molecule has 1 heterocycles. The van der Waals surface area contributed by atoms with Gasteiger partial charge in [0, 0.05) is 14.1 Å².